The van der Waals surface area contributed by atoms with Crippen LogP contribution in [0.25, 0.3) is 0 Å². The molecule has 5 nitrogen and oxygen atoms in total. The number of pyridine rings is 1. The van der Waals surface area contributed by atoms with E-state index in [-0.39, 0.29) is 24.4 Å². The Kier molecular flexibility index (Phi) is 5.56. The molecule has 0 N–H and O–H groups in total. The molecule has 0 bridgehead atoms. The van der Waals surface area contributed by atoms with Crippen LogP contribution in [-0.4, -0.2) is 22.9 Å². The molecule has 0 unspecified atom stereocenters. The molecular formula is C10H9I2NO4. The maximum Gasteiger partial charge on any atom is 0.326 e. The topological polar surface area (TPSA) is 65.4 Å². The molecule has 0 saturated heterocycles. The number of rotatable bonds is 4. The number of carbonyl (C=O) groups is 2. The highest BCUT2D eigenvalue weighted by Crippen LogP contribution is 2.04. The molecule has 0 aliphatic rings. The molecule has 1 rings (SSSR count). The zero-order valence-electron chi connectivity index (χ0n) is 8.91. The van der Waals surface area contributed by atoms with Crippen molar-refractivity contribution < 1.29 is 14.3 Å². The number of hydrogen-bond acceptors (Lipinski definition) is 4. The molecule has 7 heteroatoms. The van der Waals surface area contributed by atoms with Crippen LogP contribution >= 0.6 is 45.2 Å². The van der Waals surface area contributed by atoms with Crippen molar-refractivity contribution in [3.05, 3.63) is 29.8 Å². The van der Waals surface area contributed by atoms with Crippen LogP contribution in [0.4, 0.5) is 0 Å². The van der Waals surface area contributed by atoms with E-state index in [0.29, 0.717) is 7.14 Å². The predicted molar refractivity (Wildman–Crippen MR) is 77.8 cm³/mol. The summed E-state index contributed by atoms with van der Waals surface area (Å²) >= 11 is 3.82. The van der Waals surface area contributed by atoms with Crippen LogP contribution in [-0.2, 0) is 20.9 Å². The van der Waals surface area contributed by atoms with Gasteiger partial charge in [0.25, 0.3) is 0 Å². The lowest BCUT2D eigenvalue weighted by atomic mass is 10.4. The molecule has 92 valence electrons. The van der Waals surface area contributed by atoms with E-state index < -0.39 is 5.97 Å². The highest BCUT2D eigenvalue weighted by atomic mass is 127. The van der Waals surface area contributed by atoms with E-state index in [1.165, 1.54) is 6.92 Å². The van der Waals surface area contributed by atoms with Crippen molar-refractivity contribution in [3.8, 4) is 0 Å². The maximum atomic E-state index is 11.4. The minimum absolute atomic E-state index is 0.0143. The van der Waals surface area contributed by atoms with E-state index in [4.69, 9.17) is 4.74 Å². The molecule has 0 atom stereocenters. The number of Topliss-reactive ketones (excluding diaryl/α,β-unsaturated/α-hetero) is 1. The van der Waals surface area contributed by atoms with Gasteiger partial charge < -0.3 is 9.30 Å². The van der Waals surface area contributed by atoms with Gasteiger partial charge in [0.2, 0.25) is 5.43 Å². The highest BCUT2D eigenvalue weighted by Gasteiger charge is 2.08. The summed E-state index contributed by atoms with van der Waals surface area (Å²) in [5.41, 5.74) is -0.0560. The van der Waals surface area contributed by atoms with Gasteiger partial charge in [-0.25, -0.2) is 0 Å². The van der Waals surface area contributed by atoms with Crippen LogP contribution in [0, 0.1) is 7.14 Å². The maximum absolute atomic E-state index is 11.4. The van der Waals surface area contributed by atoms with Gasteiger partial charge in [-0.3, -0.25) is 14.4 Å². The van der Waals surface area contributed by atoms with Crippen molar-refractivity contribution >= 4 is 56.9 Å². The number of nitrogens with zero attached hydrogens (tertiary/aromatic N) is 1. The fourth-order valence-electron chi connectivity index (χ4n) is 1.03. The second kappa shape index (κ2) is 6.47. The second-order valence-electron chi connectivity index (χ2n) is 3.32. The first kappa shape index (κ1) is 14.6. The van der Waals surface area contributed by atoms with Crippen LogP contribution in [0.15, 0.2) is 17.2 Å². The van der Waals surface area contributed by atoms with Crippen LogP contribution in [0.5, 0.6) is 0 Å². The van der Waals surface area contributed by atoms with Crippen molar-refractivity contribution in [2.24, 2.45) is 0 Å². The highest BCUT2D eigenvalue weighted by molar-refractivity contribution is 14.1. The third-order valence-electron chi connectivity index (χ3n) is 1.74. The lowest BCUT2D eigenvalue weighted by Crippen LogP contribution is -2.20. The number of hydrogen-bond donors (Lipinski definition) is 0. The van der Waals surface area contributed by atoms with Gasteiger partial charge in [0.15, 0.2) is 5.78 Å². The number of halogens is 2. The van der Waals surface area contributed by atoms with E-state index in [9.17, 15) is 14.4 Å². The minimum atomic E-state index is -0.504. The van der Waals surface area contributed by atoms with Crippen LogP contribution in [0.3, 0.4) is 0 Å². The largest absolute Gasteiger partial charge is 0.456 e. The number of esters is 1. The van der Waals surface area contributed by atoms with E-state index >= 15 is 0 Å². The molecule has 0 radical (unpaired) electrons. The molecule has 0 aliphatic carbocycles. The van der Waals surface area contributed by atoms with E-state index in [2.05, 4.69) is 0 Å². The summed E-state index contributed by atoms with van der Waals surface area (Å²) in [6.45, 7) is 1.12. The second-order valence-corrected chi connectivity index (χ2v) is 5.64. The van der Waals surface area contributed by atoms with Gasteiger partial charge in [-0.15, -0.1) is 0 Å². The zero-order valence-corrected chi connectivity index (χ0v) is 13.2. The summed E-state index contributed by atoms with van der Waals surface area (Å²) < 4.78 is 7.36. The lowest BCUT2D eigenvalue weighted by molar-refractivity contribution is -0.148. The smallest absolute Gasteiger partial charge is 0.326 e. The Hall–Kier alpha value is -0.450. The Bertz CT molecular complexity index is 483. The van der Waals surface area contributed by atoms with E-state index in [1.807, 2.05) is 45.2 Å². The molecule has 1 aromatic heterocycles. The van der Waals surface area contributed by atoms with Crippen molar-refractivity contribution in [1.29, 1.82) is 0 Å². The first-order valence-electron chi connectivity index (χ1n) is 4.60. The summed E-state index contributed by atoms with van der Waals surface area (Å²) in [5, 5.41) is 0. The number of aromatic nitrogens is 1. The first-order chi connectivity index (χ1) is 7.90. The lowest BCUT2D eigenvalue weighted by Gasteiger charge is -2.07. The van der Waals surface area contributed by atoms with Gasteiger partial charge in [0.05, 0.1) is 7.14 Å². The summed E-state index contributed by atoms with van der Waals surface area (Å²) in [6, 6.07) is 0. The minimum Gasteiger partial charge on any atom is -0.456 e. The van der Waals surface area contributed by atoms with Crippen molar-refractivity contribution in [1.82, 2.24) is 4.57 Å². The van der Waals surface area contributed by atoms with Gasteiger partial charge >= 0.3 is 5.97 Å². The molecule has 0 saturated carbocycles. The number of ketones is 1. The Morgan fingerprint density at radius 1 is 1.29 bits per heavy atom. The summed E-state index contributed by atoms with van der Waals surface area (Å²) in [7, 11) is 0. The van der Waals surface area contributed by atoms with Gasteiger partial charge in [-0.2, -0.15) is 0 Å². The molecule has 0 amide bonds. The molecule has 0 aromatic carbocycles. The standard InChI is InChI=1S/C10H9I2NO4/c1-6(14)5-17-9(15)4-13-2-7(11)10(16)8(12)3-13/h2-3H,4-5H2,1H3. The van der Waals surface area contributed by atoms with Gasteiger partial charge in [-0.05, 0) is 52.1 Å². The predicted octanol–water partition coefficient (Wildman–Crippen LogP) is 1.19. The SMILES string of the molecule is CC(=O)COC(=O)Cn1cc(I)c(=O)c(I)c1. The monoisotopic (exact) mass is 461 g/mol. The van der Waals surface area contributed by atoms with Crippen molar-refractivity contribution in [2.75, 3.05) is 6.61 Å². The van der Waals surface area contributed by atoms with Crippen molar-refractivity contribution in [2.45, 2.75) is 13.5 Å². The normalized spacial score (nSPS) is 10.1. The Balaban J connectivity index is 2.72. The Labute approximate surface area is 125 Å². The van der Waals surface area contributed by atoms with E-state index in [1.54, 1.807) is 17.0 Å². The third-order valence-corrected chi connectivity index (χ3v) is 3.28. The van der Waals surface area contributed by atoms with Crippen LogP contribution in [0.1, 0.15) is 6.92 Å². The third kappa shape index (κ3) is 4.74. The molecule has 0 spiro atoms. The number of carbonyl (C=O) groups excluding carboxylic acids is 2. The molecule has 0 aliphatic heterocycles. The fourth-order valence-corrected chi connectivity index (χ4v) is 2.84. The van der Waals surface area contributed by atoms with Gasteiger partial charge in [-0.1, -0.05) is 0 Å². The quantitative estimate of drug-likeness (QED) is 0.500. The van der Waals surface area contributed by atoms with Crippen molar-refractivity contribution in [3.63, 3.8) is 0 Å². The average Bonchev–Trinajstić information content (AvgIpc) is 2.23. The van der Waals surface area contributed by atoms with Crippen LogP contribution < -0.4 is 5.43 Å². The van der Waals surface area contributed by atoms with Gasteiger partial charge in [0.1, 0.15) is 13.2 Å². The number of ether oxygens (including phenoxy) is 1. The zero-order chi connectivity index (χ0) is 13.0. The average molecular weight is 461 g/mol. The van der Waals surface area contributed by atoms with E-state index in [0.717, 1.165) is 0 Å². The molecule has 17 heavy (non-hydrogen) atoms. The summed E-state index contributed by atoms with van der Waals surface area (Å²) in [6.07, 6.45) is 3.14. The fraction of sp³-hybridized carbons (Fsp3) is 0.300. The molecule has 1 heterocycles. The Morgan fingerprint density at radius 3 is 2.29 bits per heavy atom. The Morgan fingerprint density at radius 2 is 1.82 bits per heavy atom. The summed E-state index contributed by atoms with van der Waals surface area (Å²) in [4.78, 5) is 33.4. The molecule has 1 aromatic rings. The molecule has 0 fully saturated rings. The molecular weight excluding hydrogens is 452 g/mol. The van der Waals surface area contributed by atoms with Gasteiger partial charge in [0, 0.05) is 12.4 Å². The summed E-state index contributed by atoms with van der Waals surface area (Å²) in [5.74, 6) is -0.710. The first-order valence-corrected chi connectivity index (χ1v) is 6.76. The van der Waals surface area contributed by atoms with Crippen LogP contribution in [0.2, 0.25) is 0 Å².